The Balaban J connectivity index is 1.36. The number of methoxy groups -OCH3 is 1. The first-order chi connectivity index (χ1) is 16.4. The number of esters is 1. The summed E-state index contributed by atoms with van der Waals surface area (Å²) in [4.78, 5) is 25.1. The number of hydrogen-bond donors (Lipinski definition) is 0. The molecule has 2 aromatic heterocycles. The summed E-state index contributed by atoms with van der Waals surface area (Å²) < 4.78 is 31.1. The molecule has 0 aliphatic carbocycles. The van der Waals surface area contributed by atoms with Crippen LogP contribution in [0.25, 0.3) is 11.0 Å². The van der Waals surface area contributed by atoms with Crippen molar-refractivity contribution >= 4 is 22.7 Å². The Kier molecular flexibility index (Phi) is 6.82. The molecule has 7 heteroatoms. The van der Waals surface area contributed by atoms with E-state index in [9.17, 15) is 14.0 Å². The van der Waals surface area contributed by atoms with Crippen molar-refractivity contribution in [1.82, 2.24) is 4.57 Å². The number of aryl methyl sites for hydroxylation is 2. The number of benzene rings is 2. The van der Waals surface area contributed by atoms with Crippen molar-refractivity contribution in [2.24, 2.45) is 0 Å². The molecule has 6 nitrogen and oxygen atoms in total. The van der Waals surface area contributed by atoms with Crippen LogP contribution in [-0.2, 0) is 28.9 Å². The Morgan fingerprint density at radius 3 is 2.56 bits per heavy atom. The lowest BCUT2D eigenvalue weighted by molar-refractivity contribution is -0.141. The molecule has 0 spiro atoms. The minimum atomic E-state index is -0.503. The van der Waals surface area contributed by atoms with Crippen LogP contribution in [0.3, 0.4) is 0 Å². The first-order valence-electron chi connectivity index (χ1n) is 11.0. The van der Waals surface area contributed by atoms with Gasteiger partial charge in [0, 0.05) is 40.5 Å². The Morgan fingerprint density at radius 2 is 1.82 bits per heavy atom. The lowest BCUT2D eigenvalue weighted by Crippen LogP contribution is -2.16. The van der Waals surface area contributed by atoms with E-state index in [1.807, 2.05) is 30.5 Å². The maximum absolute atomic E-state index is 13.1. The highest BCUT2D eigenvalue weighted by Gasteiger charge is 2.18. The van der Waals surface area contributed by atoms with Crippen LogP contribution >= 0.6 is 0 Å². The first kappa shape index (κ1) is 23.3. The van der Waals surface area contributed by atoms with Gasteiger partial charge in [-0.3, -0.25) is 9.59 Å². The fraction of sp³-hybridized carbons (Fsp3) is 0.259. The molecule has 0 unspecified atom stereocenters. The Morgan fingerprint density at radius 1 is 1.06 bits per heavy atom. The summed E-state index contributed by atoms with van der Waals surface area (Å²) in [5.41, 5.74) is 4.61. The maximum Gasteiger partial charge on any atom is 0.310 e. The number of fused-ring (bicyclic) bond motifs is 1. The number of furan rings is 1. The van der Waals surface area contributed by atoms with Gasteiger partial charge in [-0.15, -0.1) is 0 Å². The van der Waals surface area contributed by atoms with E-state index in [1.165, 1.54) is 18.4 Å². The van der Waals surface area contributed by atoms with Crippen LogP contribution < -0.4 is 4.74 Å². The van der Waals surface area contributed by atoms with Crippen molar-refractivity contribution in [2.75, 3.05) is 13.7 Å². The standard InChI is InChI=1S/C27H26FNO5/c1-17-12-24(18(2)29(17)11-10-19-4-6-21(28)7-5-19)25(30)16-34-27(31)13-20-15-33-26-14-22(32-3)8-9-23(20)26/h4-9,12,14-15H,10-11,13,16H2,1-3H3. The average Bonchev–Trinajstić information content (AvgIpc) is 3.36. The van der Waals surface area contributed by atoms with Gasteiger partial charge in [-0.05, 0) is 56.2 Å². The summed E-state index contributed by atoms with van der Waals surface area (Å²) in [6.45, 7) is 4.14. The molecule has 0 aliphatic rings. The second kappa shape index (κ2) is 9.95. The minimum Gasteiger partial charge on any atom is -0.497 e. The van der Waals surface area contributed by atoms with Crippen LogP contribution in [0.4, 0.5) is 4.39 Å². The molecule has 0 amide bonds. The fourth-order valence-corrected chi connectivity index (χ4v) is 4.08. The molecule has 4 rings (SSSR count). The van der Waals surface area contributed by atoms with Gasteiger partial charge in [0.1, 0.15) is 17.1 Å². The number of carbonyl (C=O) groups is 2. The van der Waals surface area contributed by atoms with E-state index in [-0.39, 0.29) is 24.6 Å². The molecule has 2 aromatic carbocycles. The van der Waals surface area contributed by atoms with E-state index < -0.39 is 5.97 Å². The van der Waals surface area contributed by atoms with Crippen molar-refractivity contribution in [3.05, 3.63) is 88.7 Å². The number of aromatic nitrogens is 1. The first-order valence-corrected chi connectivity index (χ1v) is 11.0. The van der Waals surface area contributed by atoms with Gasteiger partial charge >= 0.3 is 5.97 Å². The lowest BCUT2D eigenvalue weighted by Gasteiger charge is -2.10. The number of nitrogens with zero attached hydrogens (tertiary/aromatic N) is 1. The largest absolute Gasteiger partial charge is 0.497 e. The summed E-state index contributed by atoms with van der Waals surface area (Å²) in [5.74, 6) is -0.356. The van der Waals surface area contributed by atoms with Crippen LogP contribution in [0, 0.1) is 19.7 Å². The number of ketones is 1. The van der Waals surface area contributed by atoms with E-state index >= 15 is 0 Å². The normalized spacial score (nSPS) is 11.1. The molecule has 34 heavy (non-hydrogen) atoms. The fourth-order valence-electron chi connectivity index (χ4n) is 4.08. The third-order valence-corrected chi connectivity index (χ3v) is 5.97. The predicted octanol–water partition coefficient (Wildman–Crippen LogP) is 5.21. The number of Topliss-reactive ketones (excluding diaryl/α,β-unsaturated/α-hetero) is 1. The summed E-state index contributed by atoms with van der Waals surface area (Å²) in [7, 11) is 1.57. The van der Waals surface area contributed by atoms with Crippen molar-refractivity contribution in [1.29, 1.82) is 0 Å². The third-order valence-electron chi connectivity index (χ3n) is 5.97. The molecule has 0 atom stereocenters. The molecular formula is C27H26FNO5. The van der Waals surface area contributed by atoms with Gasteiger partial charge in [-0.2, -0.15) is 0 Å². The van der Waals surface area contributed by atoms with Crippen molar-refractivity contribution in [3.8, 4) is 5.75 Å². The molecule has 2 heterocycles. The van der Waals surface area contributed by atoms with Gasteiger partial charge in [-0.1, -0.05) is 12.1 Å². The molecule has 0 aliphatic heterocycles. The smallest absolute Gasteiger partial charge is 0.310 e. The van der Waals surface area contributed by atoms with Crippen LogP contribution in [0.1, 0.15) is 32.9 Å². The number of hydrogen-bond acceptors (Lipinski definition) is 5. The molecule has 0 saturated carbocycles. The topological polar surface area (TPSA) is 70.7 Å². The Hall–Kier alpha value is -3.87. The highest BCUT2D eigenvalue weighted by molar-refractivity contribution is 5.99. The Bertz CT molecular complexity index is 1330. The quantitative estimate of drug-likeness (QED) is 0.252. The molecule has 176 valence electrons. The average molecular weight is 464 g/mol. The number of ether oxygens (including phenoxy) is 2. The molecule has 0 N–H and O–H groups in total. The molecule has 0 fully saturated rings. The molecule has 0 saturated heterocycles. The molecule has 0 radical (unpaired) electrons. The van der Waals surface area contributed by atoms with Gasteiger partial charge in [0.05, 0.1) is 19.8 Å². The van der Waals surface area contributed by atoms with Gasteiger partial charge in [-0.25, -0.2) is 4.39 Å². The molecule has 0 bridgehead atoms. The van der Waals surface area contributed by atoms with Crippen molar-refractivity contribution < 1.29 is 27.9 Å². The van der Waals surface area contributed by atoms with Crippen LogP contribution in [0.5, 0.6) is 5.75 Å². The van der Waals surface area contributed by atoms with Crippen LogP contribution in [0.2, 0.25) is 0 Å². The van der Waals surface area contributed by atoms with E-state index in [2.05, 4.69) is 0 Å². The van der Waals surface area contributed by atoms with Crippen LogP contribution in [0.15, 0.2) is 59.2 Å². The second-order valence-electron chi connectivity index (χ2n) is 8.20. The Labute approximate surface area is 196 Å². The predicted molar refractivity (Wildman–Crippen MR) is 126 cm³/mol. The van der Waals surface area contributed by atoms with Gasteiger partial charge in [0.2, 0.25) is 5.78 Å². The summed E-state index contributed by atoms with van der Waals surface area (Å²) in [6.07, 6.45) is 2.23. The van der Waals surface area contributed by atoms with E-state index in [4.69, 9.17) is 13.9 Å². The van der Waals surface area contributed by atoms with Crippen LogP contribution in [-0.4, -0.2) is 30.0 Å². The zero-order valence-corrected chi connectivity index (χ0v) is 19.4. The van der Waals surface area contributed by atoms with E-state index in [0.717, 1.165) is 22.3 Å². The summed E-state index contributed by atoms with van der Waals surface area (Å²) in [6, 6.07) is 13.6. The van der Waals surface area contributed by atoms with E-state index in [0.29, 0.717) is 35.4 Å². The maximum atomic E-state index is 13.1. The molecule has 4 aromatic rings. The SMILES string of the molecule is COc1ccc2c(CC(=O)OCC(=O)c3cc(C)n(CCc4ccc(F)cc4)c3C)coc2c1. The zero-order valence-electron chi connectivity index (χ0n) is 19.4. The number of halogens is 1. The van der Waals surface area contributed by atoms with Crippen molar-refractivity contribution in [3.63, 3.8) is 0 Å². The molecular weight excluding hydrogens is 437 g/mol. The second-order valence-corrected chi connectivity index (χ2v) is 8.20. The van der Waals surface area contributed by atoms with Gasteiger partial charge in [0.15, 0.2) is 6.61 Å². The monoisotopic (exact) mass is 463 g/mol. The van der Waals surface area contributed by atoms with Crippen molar-refractivity contribution in [2.45, 2.75) is 33.2 Å². The highest BCUT2D eigenvalue weighted by Crippen LogP contribution is 2.26. The summed E-state index contributed by atoms with van der Waals surface area (Å²) in [5, 5.41) is 0.800. The minimum absolute atomic E-state index is 0.00327. The van der Waals surface area contributed by atoms with Gasteiger partial charge < -0.3 is 18.5 Å². The number of carbonyl (C=O) groups excluding carboxylic acids is 2. The third kappa shape index (κ3) is 5.03. The van der Waals surface area contributed by atoms with Gasteiger partial charge in [0.25, 0.3) is 0 Å². The summed E-state index contributed by atoms with van der Waals surface area (Å²) >= 11 is 0. The number of rotatable bonds is 9. The van der Waals surface area contributed by atoms with E-state index in [1.54, 1.807) is 31.4 Å². The lowest BCUT2D eigenvalue weighted by atomic mass is 10.1. The zero-order chi connectivity index (χ0) is 24.2. The highest BCUT2D eigenvalue weighted by atomic mass is 19.1.